The van der Waals surface area contributed by atoms with E-state index in [9.17, 15) is 13.2 Å². The molecule has 5 rings (SSSR count). The molecular weight excluding hydrogens is 446 g/mol. The molecule has 0 atom stereocenters. The minimum atomic E-state index is -3.97. The van der Waals surface area contributed by atoms with Crippen LogP contribution in [0.15, 0.2) is 45.8 Å². The lowest BCUT2D eigenvalue weighted by Crippen LogP contribution is -2.38. The standard InChI is InChI=1S/C22H19N5O5S/c1-13-7-17-18(9-19(13)33(29,30)26-16-4-2-3-14(8-16)10-23)31-12-21(28)27(17)11-20-24-22(32-25-20)15-5-6-15/h2-4,7-9,15,26H,5-6,11-12H2,1H3. The first-order valence-corrected chi connectivity index (χ1v) is 11.8. The Bertz CT molecular complexity index is 1400. The number of fused-ring (bicyclic) bond motifs is 1. The molecule has 1 fully saturated rings. The Hall–Kier alpha value is -3.91. The number of carbonyl (C=O) groups is 1. The molecule has 11 heteroatoms. The molecule has 2 heterocycles. The largest absolute Gasteiger partial charge is 0.482 e. The lowest BCUT2D eigenvalue weighted by atomic mass is 10.1. The number of nitrogens with zero attached hydrogens (tertiary/aromatic N) is 4. The van der Waals surface area contributed by atoms with E-state index in [0.29, 0.717) is 34.4 Å². The van der Waals surface area contributed by atoms with Crippen LogP contribution in [0.1, 0.15) is 41.6 Å². The summed E-state index contributed by atoms with van der Waals surface area (Å²) >= 11 is 0. The number of nitrogens with one attached hydrogen (secondary N) is 1. The molecular formula is C22H19N5O5S. The molecule has 3 aromatic rings. The molecule has 1 N–H and O–H groups in total. The Morgan fingerprint density at radius 3 is 2.85 bits per heavy atom. The Kier molecular flexibility index (Phi) is 5.02. The second kappa shape index (κ2) is 7.90. The van der Waals surface area contributed by atoms with Crippen LogP contribution in [-0.2, 0) is 21.4 Å². The highest BCUT2D eigenvalue weighted by molar-refractivity contribution is 7.92. The SMILES string of the molecule is Cc1cc2c(cc1S(=O)(=O)Nc1cccc(C#N)c1)OCC(=O)N2Cc1noc(C2CC2)n1. The van der Waals surface area contributed by atoms with Crippen molar-refractivity contribution in [3.05, 3.63) is 59.2 Å². The quantitative estimate of drug-likeness (QED) is 0.586. The van der Waals surface area contributed by atoms with Crippen molar-refractivity contribution in [3.8, 4) is 11.8 Å². The lowest BCUT2D eigenvalue weighted by molar-refractivity contribution is -0.121. The third-order valence-electron chi connectivity index (χ3n) is 5.44. The molecule has 2 aromatic carbocycles. The van der Waals surface area contributed by atoms with Crippen molar-refractivity contribution in [1.82, 2.24) is 10.1 Å². The zero-order valence-electron chi connectivity index (χ0n) is 17.6. The first-order chi connectivity index (χ1) is 15.8. The van der Waals surface area contributed by atoms with E-state index in [1.807, 2.05) is 6.07 Å². The van der Waals surface area contributed by atoms with Gasteiger partial charge in [0.25, 0.3) is 15.9 Å². The van der Waals surface area contributed by atoms with Crippen molar-refractivity contribution in [2.24, 2.45) is 0 Å². The Balaban J connectivity index is 1.44. The number of carbonyl (C=O) groups excluding carboxylic acids is 1. The number of rotatable bonds is 6. The van der Waals surface area contributed by atoms with Crippen molar-refractivity contribution in [2.75, 3.05) is 16.2 Å². The molecule has 0 radical (unpaired) electrons. The van der Waals surface area contributed by atoms with Crippen LogP contribution in [-0.4, -0.2) is 31.1 Å². The van der Waals surface area contributed by atoms with Gasteiger partial charge in [-0.1, -0.05) is 11.2 Å². The highest BCUT2D eigenvalue weighted by Crippen LogP contribution is 2.40. The topological polar surface area (TPSA) is 138 Å². The van der Waals surface area contributed by atoms with Crippen LogP contribution in [0.3, 0.4) is 0 Å². The second-order valence-electron chi connectivity index (χ2n) is 7.98. The highest BCUT2D eigenvalue weighted by atomic mass is 32.2. The Morgan fingerprint density at radius 2 is 2.09 bits per heavy atom. The van der Waals surface area contributed by atoms with Crippen molar-refractivity contribution in [2.45, 2.75) is 37.1 Å². The molecule has 33 heavy (non-hydrogen) atoms. The van der Waals surface area contributed by atoms with Crippen LogP contribution >= 0.6 is 0 Å². The minimum Gasteiger partial charge on any atom is -0.482 e. The first kappa shape index (κ1) is 21.0. The maximum atomic E-state index is 13.1. The van der Waals surface area contributed by atoms with Gasteiger partial charge in [0.15, 0.2) is 12.4 Å². The summed E-state index contributed by atoms with van der Waals surface area (Å²) < 4.78 is 39.4. The fraction of sp³-hybridized carbons (Fsp3) is 0.273. The van der Waals surface area contributed by atoms with Gasteiger partial charge in [-0.25, -0.2) is 8.42 Å². The summed E-state index contributed by atoms with van der Waals surface area (Å²) in [6.45, 7) is 1.49. The predicted octanol–water partition coefficient (Wildman–Crippen LogP) is 2.85. The number of amides is 1. The van der Waals surface area contributed by atoms with Crippen molar-refractivity contribution < 1.29 is 22.5 Å². The number of benzene rings is 2. The molecule has 1 aliphatic carbocycles. The third kappa shape index (κ3) is 4.12. The molecule has 1 amide bonds. The monoisotopic (exact) mass is 465 g/mol. The maximum Gasteiger partial charge on any atom is 0.265 e. The second-order valence-corrected chi connectivity index (χ2v) is 9.63. The van der Waals surface area contributed by atoms with E-state index in [1.54, 1.807) is 31.2 Å². The van der Waals surface area contributed by atoms with Crippen LogP contribution in [0.25, 0.3) is 0 Å². The Labute approximate surface area is 189 Å². The zero-order valence-corrected chi connectivity index (χ0v) is 18.4. The van der Waals surface area contributed by atoms with Crippen molar-refractivity contribution in [1.29, 1.82) is 5.26 Å². The van der Waals surface area contributed by atoms with Gasteiger partial charge in [0.05, 0.1) is 34.4 Å². The first-order valence-electron chi connectivity index (χ1n) is 10.3. The van der Waals surface area contributed by atoms with Gasteiger partial charge in [-0.05, 0) is 49.6 Å². The molecule has 1 aliphatic heterocycles. The van der Waals surface area contributed by atoms with Gasteiger partial charge >= 0.3 is 0 Å². The summed E-state index contributed by atoms with van der Waals surface area (Å²) in [6, 6.07) is 11.1. The van der Waals surface area contributed by atoms with E-state index >= 15 is 0 Å². The summed E-state index contributed by atoms with van der Waals surface area (Å²) in [5, 5.41) is 13.0. The molecule has 0 saturated heterocycles. The molecule has 1 saturated carbocycles. The van der Waals surface area contributed by atoms with Gasteiger partial charge in [-0.2, -0.15) is 10.2 Å². The number of aryl methyl sites for hydroxylation is 1. The summed E-state index contributed by atoms with van der Waals surface area (Å²) in [4.78, 5) is 18.4. The lowest BCUT2D eigenvalue weighted by Gasteiger charge is -2.29. The molecule has 10 nitrogen and oxygen atoms in total. The molecule has 0 bridgehead atoms. The smallest absolute Gasteiger partial charge is 0.265 e. The Morgan fingerprint density at radius 1 is 1.27 bits per heavy atom. The van der Waals surface area contributed by atoms with Gasteiger partial charge in [0.1, 0.15) is 5.75 Å². The van der Waals surface area contributed by atoms with Gasteiger partial charge in [-0.15, -0.1) is 0 Å². The third-order valence-corrected chi connectivity index (χ3v) is 6.97. The molecule has 0 spiro atoms. The summed E-state index contributed by atoms with van der Waals surface area (Å²) in [5.74, 6) is 1.23. The van der Waals surface area contributed by atoms with Gasteiger partial charge in [-0.3, -0.25) is 14.4 Å². The predicted molar refractivity (Wildman–Crippen MR) is 116 cm³/mol. The number of hydrogen-bond donors (Lipinski definition) is 1. The van der Waals surface area contributed by atoms with E-state index in [4.69, 9.17) is 14.5 Å². The number of aromatic nitrogens is 2. The maximum absolute atomic E-state index is 13.1. The highest BCUT2D eigenvalue weighted by Gasteiger charge is 2.32. The van der Waals surface area contributed by atoms with Crippen LogP contribution in [0.2, 0.25) is 0 Å². The van der Waals surface area contributed by atoms with Crippen LogP contribution in [0.5, 0.6) is 5.75 Å². The van der Waals surface area contributed by atoms with Gasteiger partial charge < -0.3 is 9.26 Å². The number of hydrogen-bond acceptors (Lipinski definition) is 8. The van der Waals surface area contributed by atoms with Crippen molar-refractivity contribution in [3.63, 3.8) is 0 Å². The molecule has 168 valence electrons. The normalized spacial score (nSPS) is 15.5. The van der Waals surface area contributed by atoms with Crippen molar-refractivity contribution >= 4 is 27.3 Å². The fourth-order valence-electron chi connectivity index (χ4n) is 3.63. The van der Waals surface area contributed by atoms with Crippen LogP contribution in [0, 0.1) is 18.3 Å². The van der Waals surface area contributed by atoms with E-state index in [0.717, 1.165) is 12.8 Å². The van der Waals surface area contributed by atoms with E-state index in [2.05, 4.69) is 14.9 Å². The molecule has 2 aliphatic rings. The van der Waals surface area contributed by atoms with Crippen LogP contribution in [0.4, 0.5) is 11.4 Å². The molecule has 1 aromatic heterocycles. The minimum absolute atomic E-state index is 0.00786. The van der Waals surface area contributed by atoms with Gasteiger partial charge in [0, 0.05) is 12.0 Å². The van der Waals surface area contributed by atoms with E-state index in [-0.39, 0.29) is 35.4 Å². The number of ether oxygens (including phenoxy) is 1. The van der Waals surface area contributed by atoms with E-state index < -0.39 is 10.0 Å². The zero-order chi connectivity index (χ0) is 23.2. The average molecular weight is 465 g/mol. The summed E-state index contributed by atoms with van der Waals surface area (Å²) in [7, 11) is -3.97. The number of nitriles is 1. The molecule has 0 unspecified atom stereocenters. The summed E-state index contributed by atoms with van der Waals surface area (Å²) in [5.41, 5.74) is 1.47. The number of anilines is 2. The fourth-order valence-corrected chi connectivity index (χ4v) is 4.92. The van der Waals surface area contributed by atoms with E-state index in [1.165, 1.54) is 17.0 Å². The van der Waals surface area contributed by atoms with Gasteiger partial charge in [0.2, 0.25) is 5.89 Å². The average Bonchev–Trinajstić information content (AvgIpc) is 3.53. The summed E-state index contributed by atoms with van der Waals surface area (Å²) in [6.07, 6.45) is 2.04. The number of sulfonamides is 1. The van der Waals surface area contributed by atoms with Crippen LogP contribution < -0.4 is 14.4 Å².